The van der Waals surface area contributed by atoms with Gasteiger partial charge < -0.3 is 10.5 Å². The van der Waals surface area contributed by atoms with Crippen LogP contribution in [0.2, 0.25) is 0 Å². The van der Waals surface area contributed by atoms with E-state index in [0.29, 0.717) is 6.54 Å². The Kier molecular flexibility index (Phi) is 8.33. The van der Waals surface area contributed by atoms with Crippen LogP contribution in [0.5, 0.6) is 5.75 Å². The molecule has 2 N–H and O–H groups in total. The maximum Gasteiger partial charge on any atom is 0.134 e. The number of hydrazone groups is 1. The predicted octanol–water partition coefficient (Wildman–Crippen LogP) is 3.65. The van der Waals surface area contributed by atoms with Crippen LogP contribution in [0, 0.1) is 11.3 Å². The lowest BCUT2D eigenvalue weighted by molar-refractivity contribution is 0.474. The minimum absolute atomic E-state index is 0.215. The van der Waals surface area contributed by atoms with Crippen molar-refractivity contribution < 1.29 is 5.11 Å². The van der Waals surface area contributed by atoms with Crippen LogP contribution in [-0.2, 0) is 11.8 Å². The van der Waals surface area contributed by atoms with Crippen molar-refractivity contribution in [1.82, 2.24) is 5.43 Å². The molecule has 0 aliphatic heterocycles. The first kappa shape index (κ1) is 23.6. The van der Waals surface area contributed by atoms with Crippen molar-refractivity contribution in [2.75, 3.05) is 6.54 Å². The van der Waals surface area contributed by atoms with E-state index in [4.69, 9.17) is 0 Å². The van der Waals surface area contributed by atoms with Gasteiger partial charge in [-0.05, 0) is 84.3 Å². The fourth-order valence-electron chi connectivity index (χ4n) is 3.14. The number of aromatic hydroxyl groups is 1. The van der Waals surface area contributed by atoms with Gasteiger partial charge in [0, 0.05) is 6.54 Å². The number of phenols is 1. The Hall–Kier alpha value is -3.65. The summed E-state index contributed by atoms with van der Waals surface area (Å²) in [6, 6.07) is 13.9. The lowest BCUT2D eigenvalue weighted by Crippen LogP contribution is -2.21. The van der Waals surface area contributed by atoms with Gasteiger partial charge in [0.05, 0.1) is 11.5 Å². The highest BCUT2D eigenvalue weighted by Crippen LogP contribution is 2.29. The molecule has 0 fully saturated rings. The lowest BCUT2D eigenvalue weighted by atomic mass is 9.83. The number of allylic oxidation sites excluding steroid dienone is 2. The van der Waals surface area contributed by atoms with Crippen LogP contribution in [0.15, 0.2) is 52.6 Å². The molecule has 0 aliphatic carbocycles. The molecular formula is C26H30N4O. The van der Waals surface area contributed by atoms with Gasteiger partial charge in [-0.2, -0.15) is 10.4 Å². The molecular weight excluding hydrogens is 384 g/mol. The Labute approximate surface area is 184 Å². The summed E-state index contributed by atoms with van der Waals surface area (Å²) in [6.07, 6.45) is 6.98. The zero-order chi connectivity index (χ0) is 22.9. The highest BCUT2D eigenvalue weighted by Gasteiger charge is 2.21. The number of nitrogens with zero attached hydrogens (tertiary/aromatic N) is 3. The SMILES string of the molecule is C=N/C=N\NCCc1cc(/C(=C/C=c2/cc(O)ccc2=C)CC)cc(C(C)(C)C#N)c1. The van der Waals surface area contributed by atoms with Crippen molar-refractivity contribution in [2.24, 2.45) is 10.1 Å². The number of nitrogens with one attached hydrogen (secondary N) is 1. The largest absolute Gasteiger partial charge is 0.508 e. The van der Waals surface area contributed by atoms with Crippen molar-refractivity contribution in [3.8, 4) is 11.8 Å². The van der Waals surface area contributed by atoms with Crippen molar-refractivity contribution in [3.05, 3.63) is 69.6 Å². The van der Waals surface area contributed by atoms with Gasteiger partial charge in [0.1, 0.15) is 12.1 Å². The van der Waals surface area contributed by atoms with Crippen molar-refractivity contribution in [1.29, 1.82) is 5.26 Å². The van der Waals surface area contributed by atoms with Crippen LogP contribution in [0.1, 0.15) is 43.9 Å². The maximum atomic E-state index is 9.78. The second-order valence-corrected chi connectivity index (χ2v) is 7.84. The molecule has 0 heterocycles. The van der Waals surface area contributed by atoms with Gasteiger partial charge in [-0.25, -0.2) is 0 Å². The fraction of sp³-hybridized carbons (Fsp3) is 0.269. The summed E-state index contributed by atoms with van der Waals surface area (Å²) in [6.45, 7) is 14.0. The van der Waals surface area contributed by atoms with Crippen molar-refractivity contribution >= 4 is 31.3 Å². The second kappa shape index (κ2) is 10.9. The quantitative estimate of drug-likeness (QED) is 0.284. The van der Waals surface area contributed by atoms with Gasteiger partial charge >= 0.3 is 0 Å². The third kappa shape index (κ3) is 6.68. The van der Waals surface area contributed by atoms with E-state index in [0.717, 1.165) is 45.5 Å². The summed E-state index contributed by atoms with van der Waals surface area (Å²) >= 11 is 0. The monoisotopic (exact) mass is 414 g/mol. The third-order valence-corrected chi connectivity index (χ3v) is 5.10. The Balaban J connectivity index is 2.49. The molecule has 0 atom stereocenters. The molecule has 2 aromatic rings. The van der Waals surface area contributed by atoms with Crippen LogP contribution in [0.3, 0.4) is 0 Å². The highest BCUT2D eigenvalue weighted by molar-refractivity contribution is 5.72. The molecule has 31 heavy (non-hydrogen) atoms. The van der Waals surface area contributed by atoms with E-state index < -0.39 is 5.41 Å². The van der Waals surface area contributed by atoms with E-state index >= 15 is 0 Å². The number of nitriles is 1. The summed E-state index contributed by atoms with van der Waals surface area (Å²) < 4.78 is 0. The average Bonchev–Trinajstić information content (AvgIpc) is 2.76. The first-order valence-electron chi connectivity index (χ1n) is 10.3. The van der Waals surface area contributed by atoms with Crippen LogP contribution < -0.4 is 15.9 Å². The van der Waals surface area contributed by atoms with Crippen LogP contribution >= 0.6 is 0 Å². The smallest absolute Gasteiger partial charge is 0.134 e. The lowest BCUT2D eigenvalue weighted by Gasteiger charge is -2.19. The molecule has 2 rings (SSSR count). The van der Waals surface area contributed by atoms with E-state index in [1.807, 2.05) is 19.9 Å². The summed E-state index contributed by atoms with van der Waals surface area (Å²) in [7, 11) is 0. The van der Waals surface area contributed by atoms with E-state index in [9.17, 15) is 10.4 Å². The first-order valence-corrected chi connectivity index (χ1v) is 10.3. The number of aliphatic imine (C=N–C) groups is 1. The van der Waals surface area contributed by atoms with Gasteiger partial charge in [0.15, 0.2) is 0 Å². The third-order valence-electron chi connectivity index (χ3n) is 5.10. The minimum atomic E-state index is -0.600. The topological polar surface area (TPSA) is 80.8 Å². The Morgan fingerprint density at radius 2 is 2.03 bits per heavy atom. The number of rotatable bonds is 9. The van der Waals surface area contributed by atoms with Gasteiger partial charge in [-0.15, -0.1) is 0 Å². The van der Waals surface area contributed by atoms with Crippen molar-refractivity contribution in [3.63, 3.8) is 0 Å². The molecule has 5 nitrogen and oxygen atoms in total. The molecule has 0 aromatic heterocycles. The Bertz CT molecular complexity index is 1140. The van der Waals surface area contributed by atoms with Crippen LogP contribution in [0.4, 0.5) is 0 Å². The van der Waals surface area contributed by atoms with E-state index in [-0.39, 0.29) is 5.75 Å². The molecule has 0 aliphatic rings. The van der Waals surface area contributed by atoms with Gasteiger partial charge in [0.25, 0.3) is 0 Å². The molecule has 0 unspecified atom stereocenters. The van der Waals surface area contributed by atoms with E-state index in [1.165, 1.54) is 6.34 Å². The number of hydrogen-bond acceptors (Lipinski definition) is 4. The van der Waals surface area contributed by atoms with E-state index in [1.54, 1.807) is 18.2 Å². The average molecular weight is 415 g/mol. The minimum Gasteiger partial charge on any atom is -0.508 e. The van der Waals surface area contributed by atoms with Crippen LogP contribution in [0.25, 0.3) is 18.2 Å². The Morgan fingerprint density at radius 1 is 1.26 bits per heavy atom. The maximum absolute atomic E-state index is 9.78. The van der Waals surface area contributed by atoms with E-state index in [2.05, 4.69) is 66.1 Å². The normalized spacial score (nSPS) is 12.7. The summed E-state index contributed by atoms with van der Waals surface area (Å²) in [5.41, 5.74) is 6.67. The standard InChI is InChI=1S/C26H30N4O/c1-6-21(8-9-22-16-25(31)10-7-19(22)2)23-13-20(11-12-29-30-18-28-5)14-24(15-23)26(3,4)17-27/h7-10,13-16,18,29,31H,2,5-6,11-12H2,1,3-4H3/b21-8+,22-9-,30-18-. The number of phenolic OH excluding ortho intramolecular Hbond substituents is 1. The Morgan fingerprint density at radius 3 is 2.71 bits per heavy atom. The molecule has 0 bridgehead atoms. The summed E-state index contributed by atoms with van der Waals surface area (Å²) in [5.74, 6) is 0.215. The zero-order valence-corrected chi connectivity index (χ0v) is 18.5. The van der Waals surface area contributed by atoms with Crippen LogP contribution in [-0.4, -0.2) is 24.7 Å². The van der Waals surface area contributed by atoms with Gasteiger partial charge in [0.2, 0.25) is 0 Å². The molecule has 0 radical (unpaired) electrons. The molecule has 2 aromatic carbocycles. The van der Waals surface area contributed by atoms with Crippen molar-refractivity contribution in [2.45, 2.75) is 39.0 Å². The summed E-state index contributed by atoms with van der Waals surface area (Å²) in [4.78, 5) is 3.57. The molecule has 160 valence electrons. The fourth-order valence-corrected chi connectivity index (χ4v) is 3.14. The second-order valence-electron chi connectivity index (χ2n) is 7.84. The predicted molar refractivity (Wildman–Crippen MR) is 130 cm³/mol. The first-order chi connectivity index (χ1) is 14.8. The highest BCUT2D eigenvalue weighted by atomic mass is 16.3. The number of hydrogen-bond donors (Lipinski definition) is 2. The van der Waals surface area contributed by atoms with Gasteiger partial charge in [-0.3, -0.25) is 4.99 Å². The summed E-state index contributed by atoms with van der Waals surface area (Å²) in [5, 5.41) is 25.1. The zero-order valence-electron chi connectivity index (χ0n) is 18.5. The molecule has 0 saturated heterocycles. The molecule has 0 saturated carbocycles. The molecule has 0 spiro atoms. The number of benzene rings is 2. The van der Waals surface area contributed by atoms with Gasteiger partial charge in [-0.1, -0.05) is 43.9 Å². The molecule has 0 amide bonds. The molecule has 5 heteroatoms.